The number of primary sulfonamides is 1. The van der Waals surface area contributed by atoms with Crippen LogP contribution in [-0.2, 0) is 15.4 Å². The van der Waals surface area contributed by atoms with Gasteiger partial charge in [0.25, 0.3) is 0 Å². The minimum Gasteiger partial charge on any atom is -0.225 e. The van der Waals surface area contributed by atoms with E-state index in [1.807, 2.05) is 19.1 Å². The maximum absolute atomic E-state index is 11.5. The third-order valence-corrected chi connectivity index (χ3v) is 5.02. The molecule has 0 saturated heterocycles. The molecule has 4 heteroatoms. The molecule has 1 aromatic carbocycles. The molecule has 4 rings (SSSR count). The second-order valence-electron chi connectivity index (χ2n) is 5.30. The maximum atomic E-state index is 11.5. The Labute approximate surface area is 95.7 Å². The molecule has 0 spiro atoms. The van der Waals surface area contributed by atoms with Crippen molar-refractivity contribution in [3.05, 3.63) is 29.3 Å². The zero-order valence-electron chi connectivity index (χ0n) is 9.23. The lowest BCUT2D eigenvalue weighted by Crippen LogP contribution is -2.55. The fourth-order valence-corrected chi connectivity index (χ4v) is 3.95. The van der Waals surface area contributed by atoms with Gasteiger partial charge in [0.1, 0.15) is 0 Å². The summed E-state index contributed by atoms with van der Waals surface area (Å²) in [6, 6.07) is 5.46. The summed E-state index contributed by atoms with van der Waals surface area (Å²) in [5.74, 6) is 0.828. The van der Waals surface area contributed by atoms with Gasteiger partial charge in [0.05, 0.1) is 4.90 Å². The standard InChI is InChI=1S/C12H15NO2S/c1-8-2-3-11(16(13,14)15)10(4-8)12-5-9(6-12)7-12/h2-4,9H,5-7H2,1H3,(H2,13,14,15). The van der Waals surface area contributed by atoms with Gasteiger partial charge in [0.15, 0.2) is 0 Å². The summed E-state index contributed by atoms with van der Waals surface area (Å²) in [6.45, 7) is 1.99. The maximum Gasteiger partial charge on any atom is 0.238 e. The third-order valence-electron chi connectivity index (χ3n) is 4.05. The number of nitrogens with two attached hydrogens (primary N) is 1. The highest BCUT2D eigenvalue weighted by molar-refractivity contribution is 7.89. The molecule has 3 aliphatic rings. The lowest BCUT2D eigenvalue weighted by Gasteiger charge is -2.62. The van der Waals surface area contributed by atoms with Gasteiger partial charge in [0, 0.05) is 0 Å². The van der Waals surface area contributed by atoms with Crippen LogP contribution in [0.3, 0.4) is 0 Å². The summed E-state index contributed by atoms with van der Waals surface area (Å²) < 4.78 is 23.1. The minimum atomic E-state index is -3.58. The van der Waals surface area contributed by atoms with Gasteiger partial charge in [-0.1, -0.05) is 17.7 Å². The molecular weight excluding hydrogens is 222 g/mol. The molecule has 2 N–H and O–H groups in total. The van der Waals surface area contributed by atoms with Crippen molar-refractivity contribution in [3.63, 3.8) is 0 Å². The Morgan fingerprint density at radius 3 is 2.38 bits per heavy atom. The first-order chi connectivity index (χ1) is 7.41. The van der Waals surface area contributed by atoms with Crippen molar-refractivity contribution < 1.29 is 8.42 Å². The van der Waals surface area contributed by atoms with Crippen LogP contribution in [0.4, 0.5) is 0 Å². The van der Waals surface area contributed by atoms with Crippen molar-refractivity contribution in [2.75, 3.05) is 0 Å². The number of hydrogen-bond acceptors (Lipinski definition) is 2. The monoisotopic (exact) mass is 237 g/mol. The molecule has 0 heterocycles. The number of aryl methyl sites for hydroxylation is 1. The first-order valence-electron chi connectivity index (χ1n) is 5.55. The van der Waals surface area contributed by atoms with Crippen molar-refractivity contribution in [1.29, 1.82) is 0 Å². The highest BCUT2D eigenvalue weighted by Gasteiger charge is 2.58. The smallest absolute Gasteiger partial charge is 0.225 e. The van der Waals surface area contributed by atoms with Crippen molar-refractivity contribution in [1.82, 2.24) is 0 Å². The van der Waals surface area contributed by atoms with Crippen LogP contribution in [0.15, 0.2) is 23.1 Å². The Morgan fingerprint density at radius 1 is 1.31 bits per heavy atom. The van der Waals surface area contributed by atoms with E-state index < -0.39 is 10.0 Å². The van der Waals surface area contributed by atoms with E-state index in [2.05, 4.69) is 0 Å². The van der Waals surface area contributed by atoms with Crippen LogP contribution in [0, 0.1) is 12.8 Å². The average molecular weight is 237 g/mol. The molecule has 0 aliphatic heterocycles. The molecule has 3 saturated carbocycles. The highest BCUT2D eigenvalue weighted by Crippen LogP contribution is 2.65. The third kappa shape index (κ3) is 1.26. The van der Waals surface area contributed by atoms with E-state index in [0.717, 1.165) is 36.3 Å². The van der Waals surface area contributed by atoms with E-state index in [4.69, 9.17) is 5.14 Å². The molecule has 0 amide bonds. The molecule has 0 aromatic heterocycles. The van der Waals surface area contributed by atoms with Crippen LogP contribution >= 0.6 is 0 Å². The molecular formula is C12H15NO2S. The molecule has 3 nitrogen and oxygen atoms in total. The van der Waals surface area contributed by atoms with E-state index in [-0.39, 0.29) is 5.41 Å². The van der Waals surface area contributed by atoms with Crippen LogP contribution in [-0.4, -0.2) is 8.42 Å². The molecule has 0 atom stereocenters. The van der Waals surface area contributed by atoms with Gasteiger partial charge in [-0.3, -0.25) is 0 Å². The Hall–Kier alpha value is -0.870. The van der Waals surface area contributed by atoms with Crippen LogP contribution in [0.5, 0.6) is 0 Å². The molecule has 3 aliphatic carbocycles. The molecule has 86 valence electrons. The Balaban J connectivity index is 2.18. The lowest BCUT2D eigenvalue weighted by molar-refractivity contribution is -0.0296. The molecule has 0 radical (unpaired) electrons. The minimum absolute atomic E-state index is 0.137. The SMILES string of the molecule is Cc1ccc(S(N)(=O)=O)c(C23CC(C2)C3)c1. The Morgan fingerprint density at radius 2 is 1.94 bits per heavy atom. The first kappa shape index (κ1) is 10.3. The zero-order chi connectivity index (χ0) is 11.6. The van der Waals surface area contributed by atoms with E-state index in [1.165, 1.54) is 0 Å². The summed E-state index contributed by atoms with van der Waals surface area (Å²) in [5, 5.41) is 5.27. The Kier molecular flexibility index (Phi) is 1.85. The van der Waals surface area contributed by atoms with Gasteiger partial charge in [-0.15, -0.1) is 0 Å². The zero-order valence-corrected chi connectivity index (χ0v) is 10.0. The van der Waals surface area contributed by atoms with Gasteiger partial charge < -0.3 is 0 Å². The summed E-state index contributed by atoms with van der Waals surface area (Å²) in [5.41, 5.74) is 2.20. The predicted octanol–water partition coefficient (Wildman–Crippen LogP) is 1.69. The molecule has 3 fully saturated rings. The second kappa shape index (κ2) is 2.87. The van der Waals surface area contributed by atoms with Gasteiger partial charge in [-0.25, -0.2) is 13.6 Å². The molecule has 2 bridgehead atoms. The fraction of sp³-hybridized carbons (Fsp3) is 0.500. The number of hydrogen-bond donors (Lipinski definition) is 1. The van der Waals surface area contributed by atoms with Crippen LogP contribution in [0.1, 0.15) is 30.4 Å². The quantitative estimate of drug-likeness (QED) is 0.851. The summed E-state index contributed by atoms with van der Waals surface area (Å²) in [4.78, 5) is 0.330. The van der Waals surface area contributed by atoms with E-state index in [1.54, 1.807) is 6.07 Å². The summed E-state index contributed by atoms with van der Waals surface area (Å²) >= 11 is 0. The van der Waals surface area contributed by atoms with E-state index >= 15 is 0 Å². The first-order valence-corrected chi connectivity index (χ1v) is 7.09. The molecule has 0 unspecified atom stereocenters. The Bertz CT molecular complexity index is 545. The average Bonchev–Trinajstić information content (AvgIpc) is 1.95. The lowest BCUT2D eigenvalue weighted by atomic mass is 9.42. The van der Waals surface area contributed by atoms with Crippen molar-refractivity contribution in [2.24, 2.45) is 11.1 Å². The van der Waals surface area contributed by atoms with Crippen LogP contribution in [0.25, 0.3) is 0 Å². The second-order valence-corrected chi connectivity index (χ2v) is 6.83. The van der Waals surface area contributed by atoms with Gasteiger partial charge in [-0.05, 0) is 49.1 Å². The van der Waals surface area contributed by atoms with Gasteiger partial charge in [0.2, 0.25) is 10.0 Å². The van der Waals surface area contributed by atoms with Crippen molar-refractivity contribution in [2.45, 2.75) is 36.5 Å². The predicted molar refractivity (Wildman–Crippen MR) is 61.6 cm³/mol. The largest absolute Gasteiger partial charge is 0.238 e. The van der Waals surface area contributed by atoms with Gasteiger partial charge >= 0.3 is 0 Å². The molecule has 16 heavy (non-hydrogen) atoms. The summed E-state index contributed by atoms with van der Waals surface area (Å²) in [7, 11) is -3.58. The van der Waals surface area contributed by atoms with Gasteiger partial charge in [-0.2, -0.15) is 0 Å². The number of benzene rings is 1. The highest BCUT2D eigenvalue weighted by atomic mass is 32.2. The van der Waals surface area contributed by atoms with Crippen LogP contribution in [0.2, 0.25) is 0 Å². The number of rotatable bonds is 2. The fourth-order valence-electron chi connectivity index (χ4n) is 3.11. The van der Waals surface area contributed by atoms with Crippen molar-refractivity contribution >= 4 is 10.0 Å². The normalized spacial score (nSPS) is 31.8. The van der Waals surface area contributed by atoms with Crippen molar-refractivity contribution in [3.8, 4) is 0 Å². The molecule has 1 aromatic rings. The topological polar surface area (TPSA) is 60.2 Å². The summed E-state index contributed by atoms with van der Waals surface area (Å²) in [6.07, 6.45) is 3.41. The number of sulfonamides is 1. The van der Waals surface area contributed by atoms with E-state index in [0.29, 0.717) is 4.90 Å². The van der Waals surface area contributed by atoms with E-state index in [9.17, 15) is 8.42 Å². The van der Waals surface area contributed by atoms with Crippen LogP contribution < -0.4 is 5.14 Å².